The Labute approximate surface area is 274 Å². The van der Waals surface area contributed by atoms with E-state index in [9.17, 15) is 40.5 Å². The Morgan fingerprint density at radius 3 is 2.47 bits per heavy atom. The molecule has 0 bridgehead atoms. The lowest BCUT2D eigenvalue weighted by Crippen LogP contribution is -2.59. The van der Waals surface area contributed by atoms with Gasteiger partial charge in [0.2, 0.25) is 0 Å². The highest BCUT2D eigenvalue weighted by Crippen LogP contribution is 2.35. The van der Waals surface area contributed by atoms with Gasteiger partial charge in [0.25, 0.3) is 0 Å². The number of esters is 1. The summed E-state index contributed by atoms with van der Waals surface area (Å²) in [6.07, 6.45) is -3.67. The molecule has 13 nitrogen and oxygen atoms in total. The van der Waals surface area contributed by atoms with Crippen molar-refractivity contribution in [3.8, 4) is 5.75 Å². The summed E-state index contributed by atoms with van der Waals surface area (Å²) in [6.45, 7) is 7.06. The van der Waals surface area contributed by atoms with E-state index in [1.165, 1.54) is 6.26 Å². The summed E-state index contributed by atoms with van der Waals surface area (Å²) >= 11 is 0. The first-order valence-electron chi connectivity index (χ1n) is 16.4. The largest absolute Gasteiger partial charge is 0.507 e. The van der Waals surface area contributed by atoms with E-state index < -0.39 is 67.7 Å². The van der Waals surface area contributed by atoms with E-state index in [1.807, 2.05) is 19.1 Å². The number of aliphatic hydroxyl groups is 6. The van der Waals surface area contributed by atoms with Gasteiger partial charge in [-0.1, -0.05) is 52.3 Å². The standard InChI is InChI=1S/C34H49NO12/c1-5-17(3)11-20-8-7-19-12-23(45-33(43)28(19)29(20)39)13-22(46-34-32(42)31(41)30(40)26(15-36)47-34)10-9-21-16-44-27(35-21)14-25(38)18(4)24(37)6-2/h7-10,16-18,22-26,30-32,34,36-42H,5-6,11-15H2,1-4H3. The van der Waals surface area contributed by atoms with Gasteiger partial charge in [-0.2, -0.15) is 0 Å². The fourth-order valence-electron chi connectivity index (χ4n) is 5.87. The van der Waals surface area contributed by atoms with E-state index in [4.69, 9.17) is 18.6 Å². The van der Waals surface area contributed by atoms with Crippen molar-refractivity contribution in [2.24, 2.45) is 11.8 Å². The zero-order valence-electron chi connectivity index (χ0n) is 27.3. The van der Waals surface area contributed by atoms with Crippen molar-refractivity contribution in [1.29, 1.82) is 0 Å². The third-order valence-electron chi connectivity index (χ3n) is 9.26. The minimum Gasteiger partial charge on any atom is -0.507 e. The zero-order chi connectivity index (χ0) is 34.4. The smallest absolute Gasteiger partial charge is 0.342 e. The third kappa shape index (κ3) is 8.98. The molecule has 2 aromatic rings. The average molecular weight is 664 g/mol. The van der Waals surface area contributed by atoms with Crippen LogP contribution in [0.1, 0.15) is 80.0 Å². The third-order valence-corrected chi connectivity index (χ3v) is 9.26. The maximum atomic E-state index is 13.1. The lowest BCUT2D eigenvalue weighted by Gasteiger charge is -2.41. The number of hydrogen-bond acceptors (Lipinski definition) is 13. The number of aromatic nitrogens is 1. The molecule has 262 valence electrons. The van der Waals surface area contributed by atoms with Crippen LogP contribution < -0.4 is 0 Å². The topological polar surface area (TPSA) is 212 Å². The maximum absolute atomic E-state index is 13.1. The van der Waals surface area contributed by atoms with Crippen molar-refractivity contribution in [3.05, 3.63) is 52.7 Å². The molecule has 11 unspecified atom stereocenters. The van der Waals surface area contributed by atoms with Crippen LogP contribution in [-0.2, 0) is 33.5 Å². The summed E-state index contributed by atoms with van der Waals surface area (Å²) in [5, 5.41) is 72.2. The molecule has 47 heavy (non-hydrogen) atoms. The van der Waals surface area contributed by atoms with E-state index in [-0.39, 0.29) is 42.4 Å². The average Bonchev–Trinajstić information content (AvgIpc) is 3.50. The monoisotopic (exact) mass is 663 g/mol. The number of aliphatic hydroxyl groups excluding tert-OH is 6. The van der Waals surface area contributed by atoms with Crippen LogP contribution >= 0.6 is 0 Å². The predicted octanol–water partition coefficient (Wildman–Crippen LogP) is 1.65. The predicted molar refractivity (Wildman–Crippen MR) is 168 cm³/mol. The molecule has 1 saturated heterocycles. The highest BCUT2D eigenvalue weighted by atomic mass is 16.7. The zero-order valence-corrected chi connectivity index (χ0v) is 27.3. The number of nitrogens with zero attached hydrogens (tertiary/aromatic N) is 1. The van der Waals surface area contributed by atoms with Crippen molar-refractivity contribution in [1.82, 2.24) is 4.98 Å². The molecule has 0 saturated carbocycles. The van der Waals surface area contributed by atoms with Crippen LogP contribution in [0.4, 0.5) is 0 Å². The number of oxazole rings is 1. The molecule has 1 fully saturated rings. The fourth-order valence-corrected chi connectivity index (χ4v) is 5.87. The van der Waals surface area contributed by atoms with Gasteiger partial charge in [0.1, 0.15) is 53.8 Å². The van der Waals surface area contributed by atoms with Crippen LogP contribution in [0.3, 0.4) is 0 Å². The summed E-state index contributed by atoms with van der Waals surface area (Å²) in [5.41, 5.74) is 1.82. The lowest BCUT2D eigenvalue weighted by atomic mass is 9.90. The Balaban J connectivity index is 1.53. The molecule has 11 atom stereocenters. The number of phenols is 1. The lowest BCUT2D eigenvalue weighted by molar-refractivity contribution is -0.308. The normalized spacial score (nSPS) is 28.0. The molecule has 2 aliphatic rings. The molecular formula is C34H49NO12. The summed E-state index contributed by atoms with van der Waals surface area (Å²) in [4.78, 5) is 17.5. The molecule has 1 aromatic carbocycles. The highest BCUT2D eigenvalue weighted by molar-refractivity contribution is 5.95. The molecular weight excluding hydrogens is 614 g/mol. The highest BCUT2D eigenvalue weighted by Gasteiger charge is 2.45. The summed E-state index contributed by atoms with van der Waals surface area (Å²) in [6, 6.07) is 3.63. The van der Waals surface area contributed by atoms with Gasteiger partial charge >= 0.3 is 5.97 Å². The van der Waals surface area contributed by atoms with Gasteiger partial charge < -0.3 is 54.4 Å². The van der Waals surface area contributed by atoms with Crippen LogP contribution in [0.25, 0.3) is 6.08 Å². The van der Waals surface area contributed by atoms with Crippen LogP contribution in [0, 0.1) is 11.8 Å². The number of aromatic hydroxyl groups is 1. The van der Waals surface area contributed by atoms with Gasteiger partial charge in [-0.05, 0) is 36.0 Å². The second-order valence-electron chi connectivity index (χ2n) is 12.8. The second kappa shape index (κ2) is 16.5. The number of fused-ring (bicyclic) bond motifs is 1. The van der Waals surface area contributed by atoms with Crippen molar-refractivity contribution in [2.45, 2.75) is 121 Å². The first-order valence-corrected chi connectivity index (χ1v) is 16.4. The molecule has 3 heterocycles. The van der Waals surface area contributed by atoms with Crippen molar-refractivity contribution >= 4 is 12.0 Å². The Morgan fingerprint density at radius 2 is 1.79 bits per heavy atom. The number of rotatable bonds is 15. The molecule has 13 heteroatoms. The molecule has 7 N–H and O–H groups in total. The van der Waals surface area contributed by atoms with Gasteiger partial charge in [0.15, 0.2) is 12.2 Å². The fraction of sp³-hybridized carbons (Fsp3) is 0.647. The van der Waals surface area contributed by atoms with E-state index in [0.717, 1.165) is 6.42 Å². The minimum absolute atomic E-state index is 0.0714. The molecule has 1 aromatic heterocycles. The minimum atomic E-state index is -1.65. The van der Waals surface area contributed by atoms with E-state index in [2.05, 4.69) is 18.8 Å². The Bertz CT molecular complexity index is 1340. The van der Waals surface area contributed by atoms with Gasteiger partial charge in [-0.25, -0.2) is 9.78 Å². The molecule has 0 aliphatic carbocycles. The van der Waals surface area contributed by atoms with Crippen LogP contribution in [0.5, 0.6) is 5.75 Å². The number of ether oxygens (including phenoxy) is 3. The van der Waals surface area contributed by atoms with Gasteiger partial charge in [0, 0.05) is 18.8 Å². The first kappa shape index (κ1) is 36.9. The van der Waals surface area contributed by atoms with E-state index in [0.29, 0.717) is 35.6 Å². The number of cyclic esters (lactones) is 1. The van der Waals surface area contributed by atoms with Crippen molar-refractivity contribution in [3.63, 3.8) is 0 Å². The summed E-state index contributed by atoms with van der Waals surface area (Å²) < 4.78 is 22.8. The Kier molecular flexibility index (Phi) is 13.0. The van der Waals surface area contributed by atoms with Crippen LogP contribution in [-0.4, -0.2) is 108 Å². The van der Waals surface area contributed by atoms with Crippen molar-refractivity contribution in [2.75, 3.05) is 6.61 Å². The number of hydrogen-bond donors (Lipinski definition) is 7. The number of phenolic OH excluding ortho intramolecular Hbond substituents is 1. The first-order chi connectivity index (χ1) is 22.4. The molecule has 4 rings (SSSR count). The van der Waals surface area contributed by atoms with Crippen molar-refractivity contribution < 1.29 is 59.2 Å². The van der Waals surface area contributed by atoms with E-state index in [1.54, 1.807) is 19.1 Å². The van der Waals surface area contributed by atoms with Gasteiger partial charge in [-0.15, -0.1) is 0 Å². The summed E-state index contributed by atoms with van der Waals surface area (Å²) in [5.74, 6) is -0.562. The number of carbonyl (C=O) groups excluding carboxylic acids is 1. The number of benzene rings is 1. The molecule has 2 aliphatic heterocycles. The second-order valence-corrected chi connectivity index (χ2v) is 12.8. The number of carbonyl (C=O) groups is 1. The Hall–Kier alpha value is -2.88. The van der Waals surface area contributed by atoms with Crippen LogP contribution in [0.2, 0.25) is 0 Å². The Morgan fingerprint density at radius 1 is 1.04 bits per heavy atom. The molecule has 0 spiro atoms. The van der Waals surface area contributed by atoms with Gasteiger partial charge in [-0.3, -0.25) is 0 Å². The van der Waals surface area contributed by atoms with Crippen LogP contribution in [0.15, 0.2) is 28.9 Å². The SMILES string of the molecule is CCC(C)Cc1ccc2c(c1O)C(=O)OC(CC(C=Cc1coc(CC(O)C(C)C(O)CC)n1)OC1OC(CO)C(O)C(O)C1O)C2. The quantitative estimate of drug-likeness (QED) is 0.135. The van der Waals surface area contributed by atoms with Gasteiger partial charge in [0.05, 0.1) is 31.3 Å². The summed E-state index contributed by atoms with van der Waals surface area (Å²) in [7, 11) is 0. The maximum Gasteiger partial charge on any atom is 0.342 e. The molecule has 0 radical (unpaired) electrons. The van der Waals surface area contributed by atoms with E-state index >= 15 is 0 Å². The molecule has 0 amide bonds.